The smallest absolute Gasteiger partial charge is 0.225 e. The van der Waals surface area contributed by atoms with Gasteiger partial charge in [-0.25, -0.2) is 4.98 Å². The van der Waals surface area contributed by atoms with Gasteiger partial charge in [-0.05, 0) is 31.9 Å². The first-order chi connectivity index (χ1) is 11.2. The van der Waals surface area contributed by atoms with Crippen molar-refractivity contribution >= 4 is 11.8 Å². The summed E-state index contributed by atoms with van der Waals surface area (Å²) in [6.07, 6.45) is 5.04. The predicted octanol–water partition coefficient (Wildman–Crippen LogP) is 2.20. The summed E-state index contributed by atoms with van der Waals surface area (Å²) in [5.74, 6) is 1.96. The van der Waals surface area contributed by atoms with Gasteiger partial charge in [0.2, 0.25) is 5.95 Å². The van der Waals surface area contributed by atoms with Gasteiger partial charge in [0.05, 0.1) is 12.3 Å². The first-order valence-corrected chi connectivity index (χ1v) is 8.15. The topological polar surface area (TPSA) is 83.0 Å². The van der Waals surface area contributed by atoms with E-state index in [9.17, 15) is 5.11 Å². The molecule has 6 nitrogen and oxygen atoms in total. The molecule has 3 rings (SSSR count). The number of nitrogens with one attached hydrogen (secondary N) is 2. The second-order valence-electron chi connectivity index (χ2n) is 6.00. The molecule has 6 heteroatoms. The van der Waals surface area contributed by atoms with Gasteiger partial charge in [0.25, 0.3) is 0 Å². The maximum absolute atomic E-state index is 9.18. The summed E-state index contributed by atoms with van der Waals surface area (Å²) >= 11 is 0. The lowest BCUT2D eigenvalue weighted by atomic mass is 10.2. The van der Waals surface area contributed by atoms with Crippen molar-refractivity contribution in [3.8, 4) is 0 Å². The van der Waals surface area contributed by atoms with E-state index in [0.29, 0.717) is 11.9 Å². The van der Waals surface area contributed by atoms with E-state index >= 15 is 0 Å². The largest absolute Gasteiger partial charge is 0.394 e. The Hall–Kier alpha value is -2.21. The van der Waals surface area contributed by atoms with Crippen molar-refractivity contribution in [3.05, 3.63) is 41.9 Å². The first-order valence-electron chi connectivity index (χ1n) is 8.15. The number of aromatic nitrogens is 3. The summed E-state index contributed by atoms with van der Waals surface area (Å²) in [6, 6.07) is 7.91. The van der Waals surface area contributed by atoms with Crippen molar-refractivity contribution in [1.29, 1.82) is 0 Å². The fourth-order valence-corrected chi connectivity index (χ4v) is 2.34. The average molecular weight is 313 g/mol. The highest BCUT2D eigenvalue weighted by molar-refractivity contribution is 5.44. The molecule has 122 valence electrons. The first kappa shape index (κ1) is 15.7. The minimum Gasteiger partial charge on any atom is -0.394 e. The molecular formula is C17H23N5O. The fourth-order valence-electron chi connectivity index (χ4n) is 2.34. The highest BCUT2D eigenvalue weighted by Gasteiger charge is 2.26. The van der Waals surface area contributed by atoms with Crippen LogP contribution in [0.4, 0.5) is 11.8 Å². The predicted molar refractivity (Wildman–Crippen MR) is 90.6 cm³/mol. The molecule has 2 heterocycles. The molecule has 2 aromatic heterocycles. The Morgan fingerprint density at radius 1 is 1.30 bits per heavy atom. The van der Waals surface area contributed by atoms with Crippen LogP contribution in [0.5, 0.6) is 0 Å². The van der Waals surface area contributed by atoms with Crippen LogP contribution in [0.1, 0.15) is 37.1 Å². The number of aliphatic hydroxyl groups is 1. The molecule has 1 atom stereocenters. The van der Waals surface area contributed by atoms with E-state index in [4.69, 9.17) is 0 Å². The van der Waals surface area contributed by atoms with E-state index in [0.717, 1.165) is 30.2 Å². The van der Waals surface area contributed by atoms with E-state index in [1.165, 1.54) is 12.8 Å². The second-order valence-corrected chi connectivity index (χ2v) is 6.00. The Labute approximate surface area is 136 Å². The van der Waals surface area contributed by atoms with Gasteiger partial charge in [0, 0.05) is 42.9 Å². The zero-order valence-electron chi connectivity index (χ0n) is 13.4. The van der Waals surface area contributed by atoms with E-state index in [1.807, 2.05) is 37.4 Å². The molecule has 2 aromatic rings. The summed E-state index contributed by atoms with van der Waals surface area (Å²) in [5, 5.41) is 15.7. The van der Waals surface area contributed by atoms with Crippen LogP contribution in [0.3, 0.4) is 0 Å². The number of hydrogen-bond acceptors (Lipinski definition) is 6. The van der Waals surface area contributed by atoms with Crippen LogP contribution in [0.2, 0.25) is 0 Å². The van der Waals surface area contributed by atoms with Crippen molar-refractivity contribution in [2.75, 3.05) is 23.8 Å². The van der Waals surface area contributed by atoms with Crippen molar-refractivity contribution in [1.82, 2.24) is 15.0 Å². The molecule has 0 saturated heterocycles. The third kappa shape index (κ3) is 4.63. The molecule has 0 bridgehead atoms. The molecule has 23 heavy (non-hydrogen) atoms. The minimum absolute atomic E-state index is 0.0550. The molecule has 1 saturated carbocycles. The van der Waals surface area contributed by atoms with Gasteiger partial charge in [-0.3, -0.25) is 4.98 Å². The van der Waals surface area contributed by atoms with Gasteiger partial charge >= 0.3 is 0 Å². The molecule has 0 amide bonds. The van der Waals surface area contributed by atoms with E-state index < -0.39 is 0 Å². The Bertz CT molecular complexity index is 630. The summed E-state index contributed by atoms with van der Waals surface area (Å²) in [4.78, 5) is 13.4. The van der Waals surface area contributed by atoms with Crippen LogP contribution in [0, 0.1) is 0 Å². The van der Waals surface area contributed by atoms with Gasteiger partial charge in [-0.1, -0.05) is 6.07 Å². The monoisotopic (exact) mass is 313 g/mol. The number of anilines is 2. The highest BCUT2D eigenvalue weighted by Crippen LogP contribution is 2.39. The molecule has 1 aliphatic rings. The number of hydrogen-bond donors (Lipinski definition) is 3. The lowest BCUT2D eigenvalue weighted by Gasteiger charge is -2.14. The molecule has 0 spiro atoms. The molecule has 1 aliphatic carbocycles. The molecule has 1 fully saturated rings. The molecular weight excluding hydrogens is 290 g/mol. The average Bonchev–Trinajstić information content (AvgIpc) is 3.40. The lowest BCUT2D eigenvalue weighted by molar-refractivity contribution is 0.281. The third-order valence-corrected chi connectivity index (χ3v) is 3.80. The Morgan fingerprint density at radius 2 is 2.17 bits per heavy atom. The number of pyridine rings is 1. The summed E-state index contributed by atoms with van der Waals surface area (Å²) < 4.78 is 0. The van der Waals surface area contributed by atoms with Crippen LogP contribution >= 0.6 is 0 Å². The zero-order valence-corrected chi connectivity index (χ0v) is 13.4. The van der Waals surface area contributed by atoms with Gasteiger partial charge in [0.15, 0.2) is 0 Å². The number of rotatable bonds is 8. The van der Waals surface area contributed by atoms with Crippen LogP contribution in [0.25, 0.3) is 0 Å². The van der Waals surface area contributed by atoms with Crippen molar-refractivity contribution in [3.63, 3.8) is 0 Å². The summed E-state index contributed by atoms with van der Waals surface area (Å²) in [5.41, 5.74) is 2.14. The van der Waals surface area contributed by atoms with Gasteiger partial charge in [0.1, 0.15) is 5.82 Å². The quantitative estimate of drug-likeness (QED) is 0.693. The third-order valence-electron chi connectivity index (χ3n) is 3.80. The van der Waals surface area contributed by atoms with E-state index in [1.54, 1.807) is 0 Å². The summed E-state index contributed by atoms with van der Waals surface area (Å²) in [7, 11) is 0. The molecule has 0 aliphatic heterocycles. The lowest BCUT2D eigenvalue weighted by Crippen LogP contribution is -2.21. The van der Waals surface area contributed by atoms with Gasteiger partial charge < -0.3 is 15.7 Å². The number of aliphatic hydroxyl groups excluding tert-OH is 1. The van der Waals surface area contributed by atoms with E-state index in [2.05, 4.69) is 25.6 Å². The summed E-state index contributed by atoms with van der Waals surface area (Å²) in [6.45, 7) is 2.73. The Morgan fingerprint density at radius 3 is 2.87 bits per heavy atom. The normalized spacial score (nSPS) is 15.2. The standard InChI is InChI=1S/C17H23N5O/c1-12(11-23)20-17-21-15(13-5-6-13)10-16(22-17)19-9-7-14-4-2-3-8-18-14/h2-4,8,10,12-13,23H,5-7,9,11H2,1H3,(H2,19,20,21,22)/t12-/m0/s1. The van der Waals surface area contributed by atoms with E-state index in [-0.39, 0.29) is 12.6 Å². The molecule has 0 radical (unpaired) electrons. The van der Waals surface area contributed by atoms with Crippen LogP contribution in [-0.4, -0.2) is 39.3 Å². The van der Waals surface area contributed by atoms with Crippen LogP contribution in [-0.2, 0) is 6.42 Å². The van der Waals surface area contributed by atoms with Gasteiger partial charge in [-0.2, -0.15) is 4.98 Å². The molecule has 0 unspecified atom stereocenters. The Balaban J connectivity index is 1.65. The SMILES string of the molecule is C[C@@H](CO)Nc1nc(NCCc2ccccn2)cc(C2CC2)n1. The maximum Gasteiger partial charge on any atom is 0.225 e. The molecule has 0 aromatic carbocycles. The van der Waals surface area contributed by atoms with Gasteiger partial charge in [-0.15, -0.1) is 0 Å². The fraction of sp³-hybridized carbons (Fsp3) is 0.471. The maximum atomic E-state index is 9.18. The van der Waals surface area contributed by atoms with Crippen LogP contribution in [0.15, 0.2) is 30.5 Å². The van der Waals surface area contributed by atoms with Crippen molar-refractivity contribution in [2.24, 2.45) is 0 Å². The number of nitrogens with zero attached hydrogens (tertiary/aromatic N) is 3. The minimum atomic E-state index is -0.0641. The molecule has 3 N–H and O–H groups in total. The zero-order chi connectivity index (χ0) is 16.1. The van der Waals surface area contributed by atoms with Crippen molar-refractivity contribution in [2.45, 2.75) is 38.1 Å². The highest BCUT2D eigenvalue weighted by atomic mass is 16.3. The Kier molecular flexibility index (Phi) is 5.02. The van der Waals surface area contributed by atoms with Crippen LogP contribution < -0.4 is 10.6 Å². The van der Waals surface area contributed by atoms with Crippen molar-refractivity contribution < 1.29 is 5.11 Å². The second kappa shape index (κ2) is 7.37.